The first-order valence-corrected chi connectivity index (χ1v) is 7.91. The number of nitrogens with two attached hydrogens (primary N) is 1. The third kappa shape index (κ3) is 3.28. The Labute approximate surface area is 132 Å². The molecule has 0 aliphatic rings. The minimum atomic E-state index is -0.0200. The summed E-state index contributed by atoms with van der Waals surface area (Å²) in [7, 11) is 0. The van der Waals surface area contributed by atoms with Gasteiger partial charge in [0.2, 0.25) is 0 Å². The number of nitrogens with zero attached hydrogens (tertiary/aromatic N) is 1. The van der Waals surface area contributed by atoms with Crippen LogP contribution in [0.2, 0.25) is 5.02 Å². The first-order valence-electron chi connectivity index (χ1n) is 7.53. The molecule has 21 heavy (non-hydrogen) atoms. The maximum atomic E-state index is 6.63. The summed E-state index contributed by atoms with van der Waals surface area (Å²) in [5, 5.41) is 0.696. The van der Waals surface area contributed by atoms with E-state index in [-0.39, 0.29) is 11.5 Å². The standard InChI is InChI=1S/C18H23ClN2/c1-3-18(4-2,15-8-6-5-7-9-15)17(20)12-14-10-11-21-13-16(14)19/h5-11,13,17H,3-4,12,20H2,1-2H3. The summed E-state index contributed by atoms with van der Waals surface area (Å²) in [5.74, 6) is 0. The molecule has 0 aliphatic carbocycles. The first-order chi connectivity index (χ1) is 10.1. The van der Waals surface area contributed by atoms with Gasteiger partial charge in [-0.1, -0.05) is 55.8 Å². The highest BCUT2D eigenvalue weighted by atomic mass is 35.5. The molecule has 3 heteroatoms. The number of hydrogen-bond acceptors (Lipinski definition) is 2. The predicted octanol–water partition coefficient (Wildman–Crippen LogP) is 4.36. The normalized spacial score (nSPS) is 13.1. The molecule has 112 valence electrons. The molecule has 2 aromatic rings. The van der Waals surface area contributed by atoms with Crippen LogP contribution in [0.1, 0.15) is 37.8 Å². The molecule has 0 saturated heterocycles. The van der Waals surface area contributed by atoms with E-state index in [1.807, 2.05) is 12.1 Å². The third-order valence-electron chi connectivity index (χ3n) is 4.62. The van der Waals surface area contributed by atoms with Gasteiger partial charge in [0, 0.05) is 23.9 Å². The molecule has 0 bridgehead atoms. The fraction of sp³-hybridized carbons (Fsp3) is 0.389. The molecule has 2 N–H and O–H groups in total. The minimum absolute atomic E-state index is 0.0200. The van der Waals surface area contributed by atoms with Crippen molar-refractivity contribution in [3.8, 4) is 0 Å². The molecule has 0 spiro atoms. The van der Waals surface area contributed by atoms with Crippen molar-refractivity contribution in [2.24, 2.45) is 5.73 Å². The van der Waals surface area contributed by atoms with Crippen molar-refractivity contribution < 1.29 is 0 Å². The predicted molar refractivity (Wildman–Crippen MR) is 89.6 cm³/mol. The van der Waals surface area contributed by atoms with Crippen LogP contribution in [-0.2, 0) is 11.8 Å². The molecule has 0 saturated carbocycles. The smallest absolute Gasteiger partial charge is 0.0621 e. The van der Waals surface area contributed by atoms with Gasteiger partial charge >= 0.3 is 0 Å². The topological polar surface area (TPSA) is 38.9 Å². The van der Waals surface area contributed by atoms with Crippen LogP contribution in [0.25, 0.3) is 0 Å². The summed E-state index contributed by atoms with van der Waals surface area (Å²) in [4.78, 5) is 4.04. The average Bonchev–Trinajstić information content (AvgIpc) is 2.52. The number of benzene rings is 1. The second kappa shape index (κ2) is 7.06. The molecule has 0 aliphatic heterocycles. The van der Waals surface area contributed by atoms with Crippen molar-refractivity contribution >= 4 is 11.6 Å². The summed E-state index contributed by atoms with van der Waals surface area (Å²) in [6, 6.07) is 12.6. The Morgan fingerprint density at radius 3 is 2.38 bits per heavy atom. The highest BCUT2D eigenvalue weighted by Crippen LogP contribution is 2.36. The van der Waals surface area contributed by atoms with E-state index in [2.05, 4.69) is 43.1 Å². The lowest BCUT2D eigenvalue weighted by atomic mass is 9.69. The summed E-state index contributed by atoms with van der Waals surface area (Å²) in [6.07, 6.45) is 6.24. The zero-order valence-corrected chi connectivity index (χ0v) is 13.5. The first kappa shape index (κ1) is 16.0. The van der Waals surface area contributed by atoms with E-state index < -0.39 is 0 Å². The van der Waals surface area contributed by atoms with Gasteiger partial charge in [-0.2, -0.15) is 0 Å². The fourth-order valence-corrected chi connectivity index (χ4v) is 3.37. The minimum Gasteiger partial charge on any atom is -0.327 e. The Hall–Kier alpha value is -1.38. The number of halogens is 1. The Kier molecular flexibility index (Phi) is 5.38. The molecule has 1 aromatic carbocycles. The van der Waals surface area contributed by atoms with E-state index in [4.69, 9.17) is 17.3 Å². The fourth-order valence-electron chi connectivity index (χ4n) is 3.17. The van der Waals surface area contributed by atoms with Gasteiger partial charge in [-0.3, -0.25) is 4.98 Å². The highest BCUT2D eigenvalue weighted by Gasteiger charge is 2.35. The van der Waals surface area contributed by atoms with Crippen molar-refractivity contribution in [3.05, 3.63) is 64.9 Å². The summed E-state index contributed by atoms with van der Waals surface area (Å²) < 4.78 is 0. The van der Waals surface area contributed by atoms with Crippen molar-refractivity contribution in [2.45, 2.75) is 44.6 Å². The van der Waals surface area contributed by atoms with Crippen LogP contribution in [0.4, 0.5) is 0 Å². The molecular weight excluding hydrogens is 280 g/mol. The second-order valence-corrected chi connectivity index (χ2v) is 5.91. The zero-order chi connectivity index (χ0) is 15.3. The molecular formula is C18H23ClN2. The van der Waals surface area contributed by atoms with E-state index in [0.29, 0.717) is 5.02 Å². The lowest BCUT2D eigenvalue weighted by molar-refractivity contribution is 0.315. The monoisotopic (exact) mass is 302 g/mol. The maximum Gasteiger partial charge on any atom is 0.0621 e. The molecule has 1 unspecified atom stereocenters. The molecule has 2 rings (SSSR count). The second-order valence-electron chi connectivity index (χ2n) is 5.51. The lowest BCUT2D eigenvalue weighted by Gasteiger charge is -2.38. The van der Waals surface area contributed by atoms with Crippen molar-refractivity contribution in [1.29, 1.82) is 0 Å². The summed E-state index contributed by atoms with van der Waals surface area (Å²) in [5.41, 5.74) is 8.99. The van der Waals surface area contributed by atoms with Gasteiger partial charge in [0.15, 0.2) is 0 Å². The summed E-state index contributed by atoms with van der Waals surface area (Å²) in [6.45, 7) is 4.43. The number of aromatic nitrogens is 1. The van der Waals surface area contributed by atoms with Crippen LogP contribution in [0, 0.1) is 0 Å². The van der Waals surface area contributed by atoms with E-state index in [0.717, 1.165) is 24.8 Å². The van der Waals surface area contributed by atoms with Gasteiger partial charge < -0.3 is 5.73 Å². The van der Waals surface area contributed by atoms with Gasteiger partial charge in [-0.05, 0) is 36.5 Å². The molecule has 0 radical (unpaired) electrons. The molecule has 0 fully saturated rings. The molecule has 1 atom stereocenters. The van der Waals surface area contributed by atoms with E-state index in [1.165, 1.54) is 5.56 Å². The molecule has 2 nitrogen and oxygen atoms in total. The number of pyridine rings is 1. The molecule has 1 heterocycles. The van der Waals surface area contributed by atoms with Crippen LogP contribution in [0.15, 0.2) is 48.8 Å². The highest BCUT2D eigenvalue weighted by molar-refractivity contribution is 6.31. The largest absolute Gasteiger partial charge is 0.327 e. The quantitative estimate of drug-likeness (QED) is 0.861. The third-order valence-corrected chi connectivity index (χ3v) is 4.96. The van der Waals surface area contributed by atoms with Crippen molar-refractivity contribution in [1.82, 2.24) is 4.98 Å². The Morgan fingerprint density at radius 1 is 1.14 bits per heavy atom. The van der Waals surface area contributed by atoms with Gasteiger partial charge in [0.25, 0.3) is 0 Å². The van der Waals surface area contributed by atoms with Crippen molar-refractivity contribution in [2.75, 3.05) is 0 Å². The van der Waals surface area contributed by atoms with Crippen LogP contribution in [0.5, 0.6) is 0 Å². The van der Waals surface area contributed by atoms with E-state index in [1.54, 1.807) is 12.4 Å². The Bertz CT molecular complexity index is 564. The lowest BCUT2D eigenvalue weighted by Crippen LogP contribution is -2.46. The van der Waals surface area contributed by atoms with E-state index in [9.17, 15) is 0 Å². The average molecular weight is 303 g/mol. The van der Waals surface area contributed by atoms with Crippen LogP contribution >= 0.6 is 11.6 Å². The molecule has 0 amide bonds. The maximum absolute atomic E-state index is 6.63. The van der Waals surface area contributed by atoms with Gasteiger partial charge in [-0.15, -0.1) is 0 Å². The Morgan fingerprint density at radius 2 is 1.81 bits per heavy atom. The van der Waals surface area contributed by atoms with Crippen LogP contribution in [-0.4, -0.2) is 11.0 Å². The van der Waals surface area contributed by atoms with Gasteiger partial charge in [0.1, 0.15) is 0 Å². The van der Waals surface area contributed by atoms with Crippen molar-refractivity contribution in [3.63, 3.8) is 0 Å². The number of rotatable bonds is 6. The number of hydrogen-bond donors (Lipinski definition) is 1. The summed E-state index contributed by atoms with van der Waals surface area (Å²) >= 11 is 6.23. The van der Waals surface area contributed by atoms with Crippen LogP contribution < -0.4 is 5.73 Å². The van der Waals surface area contributed by atoms with Crippen LogP contribution in [0.3, 0.4) is 0 Å². The van der Waals surface area contributed by atoms with E-state index >= 15 is 0 Å². The van der Waals surface area contributed by atoms with Gasteiger partial charge in [-0.25, -0.2) is 0 Å². The molecule has 1 aromatic heterocycles. The SMILES string of the molecule is CCC(CC)(c1ccccc1)C(N)Cc1ccncc1Cl. The Balaban J connectivity index is 2.32. The zero-order valence-electron chi connectivity index (χ0n) is 12.7. The van der Waals surface area contributed by atoms with Gasteiger partial charge in [0.05, 0.1) is 5.02 Å².